The number of amides is 3. The van der Waals surface area contributed by atoms with Gasteiger partial charge in [0.1, 0.15) is 11.5 Å². The van der Waals surface area contributed by atoms with Crippen molar-refractivity contribution in [2.24, 2.45) is 5.92 Å². The zero-order chi connectivity index (χ0) is 22.5. The maximum absolute atomic E-state index is 12.8. The number of nitrogens with one attached hydrogen (secondary N) is 4. The van der Waals surface area contributed by atoms with Crippen molar-refractivity contribution in [1.29, 1.82) is 0 Å². The summed E-state index contributed by atoms with van der Waals surface area (Å²) in [5.41, 5.74) is 0.886. The van der Waals surface area contributed by atoms with E-state index in [0.717, 1.165) is 30.8 Å². The van der Waals surface area contributed by atoms with Crippen LogP contribution in [0.15, 0.2) is 30.3 Å². The lowest BCUT2D eigenvalue weighted by Gasteiger charge is -2.24. The molecule has 1 aromatic rings. The van der Waals surface area contributed by atoms with Crippen LogP contribution in [0.4, 0.5) is 4.79 Å². The number of benzene rings is 1. The zero-order valence-electron chi connectivity index (χ0n) is 18.0. The number of alkyl carbamates (subject to hydrolysis) is 1. The first kappa shape index (κ1) is 23.4. The van der Waals surface area contributed by atoms with E-state index in [1.54, 1.807) is 11.8 Å². The Balaban J connectivity index is 1.28. The molecule has 3 heterocycles. The van der Waals surface area contributed by atoms with Crippen molar-refractivity contribution in [2.45, 2.75) is 54.3 Å². The number of piperidine rings is 1. The first-order valence-corrected chi connectivity index (χ1v) is 13.1. The van der Waals surface area contributed by atoms with Crippen LogP contribution in [0, 0.1) is 5.92 Å². The molecule has 8 nitrogen and oxygen atoms in total. The number of hydrogen-bond acceptors (Lipinski definition) is 8. The van der Waals surface area contributed by atoms with Gasteiger partial charge in [-0.1, -0.05) is 37.3 Å². The van der Waals surface area contributed by atoms with E-state index in [0.29, 0.717) is 24.1 Å². The third kappa shape index (κ3) is 5.59. The molecule has 3 aliphatic heterocycles. The van der Waals surface area contributed by atoms with Crippen LogP contribution in [0.3, 0.4) is 0 Å². The maximum atomic E-state index is 12.8. The molecule has 174 valence electrons. The van der Waals surface area contributed by atoms with Crippen LogP contribution >= 0.6 is 23.5 Å². The molecule has 3 aliphatic rings. The van der Waals surface area contributed by atoms with E-state index in [-0.39, 0.29) is 16.7 Å². The number of imide groups is 1. The van der Waals surface area contributed by atoms with Crippen LogP contribution in [-0.2, 0) is 14.3 Å². The molecule has 0 aromatic heterocycles. The quantitative estimate of drug-likeness (QED) is 0.492. The first-order valence-electron chi connectivity index (χ1n) is 11.2. The minimum atomic E-state index is -0.753. The Kier molecular flexibility index (Phi) is 7.98. The largest absolute Gasteiger partial charge is 0.441 e. The van der Waals surface area contributed by atoms with Gasteiger partial charge in [-0.05, 0) is 37.1 Å². The topological polar surface area (TPSA) is 109 Å². The van der Waals surface area contributed by atoms with Crippen molar-refractivity contribution >= 4 is 41.4 Å². The first-order chi connectivity index (χ1) is 15.5. The predicted octanol–water partition coefficient (Wildman–Crippen LogP) is 1.98. The number of thioether (sulfide) groups is 2. The lowest BCUT2D eigenvalue weighted by atomic mass is 10.1. The minimum absolute atomic E-state index is 0.0979. The van der Waals surface area contributed by atoms with E-state index in [1.807, 2.05) is 37.3 Å². The molecule has 10 heteroatoms. The van der Waals surface area contributed by atoms with Crippen LogP contribution < -0.4 is 21.3 Å². The van der Waals surface area contributed by atoms with Gasteiger partial charge in [-0.2, -0.15) is 0 Å². The Labute approximate surface area is 196 Å². The normalized spacial score (nSPS) is 30.2. The van der Waals surface area contributed by atoms with Crippen LogP contribution in [0.5, 0.6) is 0 Å². The molecular formula is C22H30N4O4S2. The number of ether oxygens (including phenoxy) is 1. The third-order valence-corrected chi connectivity index (χ3v) is 8.88. The van der Waals surface area contributed by atoms with Gasteiger partial charge in [0.25, 0.3) is 0 Å². The van der Waals surface area contributed by atoms with Crippen molar-refractivity contribution in [3.05, 3.63) is 35.9 Å². The van der Waals surface area contributed by atoms with Gasteiger partial charge in [0.15, 0.2) is 0 Å². The van der Waals surface area contributed by atoms with Crippen LogP contribution in [0.25, 0.3) is 0 Å². The monoisotopic (exact) mass is 478 g/mol. The molecule has 0 spiro atoms. The highest BCUT2D eigenvalue weighted by Gasteiger charge is 2.42. The molecule has 3 saturated heterocycles. The van der Waals surface area contributed by atoms with Crippen molar-refractivity contribution in [2.75, 3.05) is 18.8 Å². The summed E-state index contributed by atoms with van der Waals surface area (Å²) in [5.74, 6) is -0.221. The SMILES string of the molecule is CCC(OC(=O)NC(=O)C1CCSC1NC(=O)C1NC2CNCCC2S1)c1ccccc1. The molecule has 0 saturated carbocycles. The molecule has 6 unspecified atom stereocenters. The summed E-state index contributed by atoms with van der Waals surface area (Å²) in [6, 6.07) is 9.75. The summed E-state index contributed by atoms with van der Waals surface area (Å²) in [4.78, 5) is 38.0. The molecule has 0 bridgehead atoms. The Morgan fingerprint density at radius 2 is 2.00 bits per heavy atom. The standard InChI is InChI=1S/C22H30N4O4S2/c1-2-16(13-6-4-3-5-7-13)30-22(29)26-18(27)14-9-11-31-20(14)25-19(28)21-24-15-12-23-10-8-17(15)32-21/h3-7,14-17,20-21,23-24H,2,8-12H2,1H3,(H,25,28)(H,26,27,29). The second kappa shape index (κ2) is 10.9. The van der Waals surface area contributed by atoms with E-state index in [4.69, 9.17) is 4.74 Å². The summed E-state index contributed by atoms with van der Waals surface area (Å²) in [7, 11) is 0. The number of rotatable bonds is 6. The summed E-state index contributed by atoms with van der Waals surface area (Å²) in [5, 5.41) is 11.9. The number of fused-ring (bicyclic) bond motifs is 1. The van der Waals surface area contributed by atoms with E-state index in [1.165, 1.54) is 11.8 Å². The Morgan fingerprint density at radius 3 is 2.75 bits per heavy atom. The summed E-state index contributed by atoms with van der Waals surface area (Å²) < 4.78 is 5.48. The Hall–Kier alpha value is -1.75. The predicted molar refractivity (Wildman–Crippen MR) is 126 cm³/mol. The summed E-state index contributed by atoms with van der Waals surface area (Å²) >= 11 is 3.21. The highest BCUT2D eigenvalue weighted by atomic mass is 32.2. The van der Waals surface area contributed by atoms with E-state index < -0.39 is 24.0 Å². The van der Waals surface area contributed by atoms with Gasteiger partial charge in [0, 0.05) is 17.8 Å². The fraction of sp³-hybridized carbons (Fsp3) is 0.591. The van der Waals surface area contributed by atoms with Gasteiger partial charge >= 0.3 is 6.09 Å². The Morgan fingerprint density at radius 1 is 1.19 bits per heavy atom. The smallest absolute Gasteiger partial charge is 0.414 e. The van der Waals surface area contributed by atoms with Gasteiger partial charge in [-0.3, -0.25) is 20.2 Å². The molecular weight excluding hydrogens is 448 g/mol. The molecule has 4 rings (SSSR count). The number of carbonyl (C=O) groups is 3. The maximum Gasteiger partial charge on any atom is 0.414 e. The van der Waals surface area contributed by atoms with Gasteiger partial charge < -0.3 is 15.4 Å². The minimum Gasteiger partial charge on any atom is -0.441 e. The second-order valence-corrected chi connectivity index (χ2v) is 10.8. The molecule has 0 radical (unpaired) electrons. The fourth-order valence-electron chi connectivity index (χ4n) is 4.33. The summed E-state index contributed by atoms with van der Waals surface area (Å²) in [6.45, 7) is 3.77. The van der Waals surface area contributed by atoms with E-state index in [9.17, 15) is 14.4 Å². The molecule has 6 atom stereocenters. The highest BCUT2D eigenvalue weighted by molar-refractivity contribution is 8.01. The van der Waals surface area contributed by atoms with E-state index in [2.05, 4.69) is 21.3 Å². The van der Waals surface area contributed by atoms with Crippen LogP contribution in [-0.4, -0.2) is 58.8 Å². The highest BCUT2D eigenvalue weighted by Crippen LogP contribution is 2.34. The number of hydrogen-bond donors (Lipinski definition) is 4. The van der Waals surface area contributed by atoms with Gasteiger partial charge in [-0.25, -0.2) is 4.79 Å². The second-order valence-electron chi connectivity index (χ2n) is 8.22. The lowest BCUT2D eigenvalue weighted by molar-refractivity contribution is -0.125. The molecule has 32 heavy (non-hydrogen) atoms. The molecule has 1 aromatic carbocycles. The third-order valence-electron chi connectivity index (χ3n) is 6.06. The fourth-order valence-corrected chi connectivity index (χ4v) is 7.08. The van der Waals surface area contributed by atoms with Crippen LogP contribution in [0.1, 0.15) is 37.9 Å². The average Bonchev–Trinajstić information content (AvgIpc) is 3.45. The average molecular weight is 479 g/mol. The molecule has 0 aliphatic carbocycles. The van der Waals surface area contributed by atoms with Crippen molar-refractivity contribution in [1.82, 2.24) is 21.3 Å². The lowest BCUT2D eigenvalue weighted by Crippen LogP contribution is -2.51. The molecule has 4 N–H and O–H groups in total. The summed E-state index contributed by atoms with van der Waals surface area (Å²) in [6.07, 6.45) is 1.08. The van der Waals surface area contributed by atoms with Gasteiger partial charge in [0.2, 0.25) is 11.8 Å². The van der Waals surface area contributed by atoms with E-state index >= 15 is 0 Å². The Bertz CT molecular complexity index is 813. The van der Waals surface area contributed by atoms with Crippen molar-refractivity contribution < 1.29 is 19.1 Å². The zero-order valence-corrected chi connectivity index (χ0v) is 19.7. The van der Waals surface area contributed by atoms with Crippen LogP contribution in [0.2, 0.25) is 0 Å². The number of carbonyl (C=O) groups excluding carboxylic acids is 3. The van der Waals surface area contributed by atoms with Gasteiger partial charge in [0.05, 0.1) is 11.3 Å². The van der Waals surface area contributed by atoms with Crippen molar-refractivity contribution in [3.63, 3.8) is 0 Å². The van der Waals surface area contributed by atoms with Crippen molar-refractivity contribution in [3.8, 4) is 0 Å². The molecule has 3 fully saturated rings. The molecule has 3 amide bonds. The van der Waals surface area contributed by atoms with Gasteiger partial charge in [-0.15, -0.1) is 23.5 Å².